The van der Waals surface area contributed by atoms with E-state index in [9.17, 15) is 40.5 Å². The molecule has 89 heavy (non-hydrogen) atoms. The molecule has 0 radical (unpaired) electrons. The fraction of sp³-hybridized carbons (Fsp3) is 0.936. The Balaban J connectivity index is 2.12. The van der Waals surface area contributed by atoms with E-state index in [1.807, 2.05) is 0 Å². The number of allylic oxidation sites excluding steroid dienone is 4. The van der Waals surface area contributed by atoms with E-state index in [0.29, 0.717) is 19.3 Å². The van der Waals surface area contributed by atoms with Crippen LogP contribution in [0.5, 0.6) is 0 Å². The van der Waals surface area contributed by atoms with E-state index in [1.165, 1.54) is 315 Å². The number of carbonyl (C=O) groups excluding carboxylic acids is 1. The van der Waals surface area contributed by atoms with Crippen molar-refractivity contribution in [3.63, 3.8) is 0 Å². The molecule has 1 saturated heterocycles. The molecule has 1 amide bonds. The molecule has 1 aliphatic rings. The van der Waals surface area contributed by atoms with E-state index < -0.39 is 74.2 Å². The number of rotatable bonds is 70. The molecule has 11 heteroatoms. The minimum atomic E-state index is -1.66. The second kappa shape index (κ2) is 66.6. The van der Waals surface area contributed by atoms with Crippen LogP contribution >= 0.6 is 0 Å². The lowest BCUT2D eigenvalue weighted by Crippen LogP contribution is -2.60. The maximum Gasteiger partial charge on any atom is 0.249 e. The summed E-state index contributed by atoms with van der Waals surface area (Å²) in [5, 5.41) is 76.7. The quantitative estimate of drug-likeness (QED) is 0.0215. The number of carbonyl (C=O) groups is 1. The molecule has 0 saturated carbocycles. The molecular formula is C78H151NO10. The molecule has 0 bridgehead atoms. The number of aliphatic hydroxyl groups excluding tert-OH is 7. The summed E-state index contributed by atoms with van der Waals surface area (Å²) in [6, 6.07) is -1.17. The van der Waals surface area contributed by atoms with Gasteiger partial charge in [-0.2, -0.15) is 0 Å². The van der Waals surface area contributed by atoms with Crippen molar-refractivity contribution >= 4 is 5.91 Å². The fourth-order valence-electron chi connectivity index (χ4n) is 13.0. The van der Waals surface area contributed by atoms with Gasteiger partial charge in [-0.15, -0.1) is 0 Å². The molecule has 528 valence electrons. The molecule has 1 rings (SSSR count). The van der Waals surface area contributed by atoms with Crippen LogP contribution in [0.1, 0.15) is 399 Å². The van der Waals surface area contributed by atoms with Crippen molar-refractivity contribution in [1.29, 1.82) is 0 Å². The summed E-state index contributed by atoms with van der Waals surface area (Å²) in [5.41, 5.74) is 0. The predicted octanol–water partition coefficient (Wildman–Crippen LogP) is 19.9. The van der Waals surface area contributed by atoms with Gasteiger partial charge in [0.1, 0.15) is 36.6 Å². The maximum atomic E-state index is 13.3. The first kappa shape index (κ1) is 85.6. The number of unbranched alkanes of at least 4 members (excludes halogenated alkanes) is 54. The minimum Gasteiger partial charge on any atom is -0.394 e. The number of aliphatic hydroxyl groups is 7. The van der Waals surface area contributed by atoms with Gasteiger partial charge in [-0.1, -0.05) is 378 Å². The molecule has 1 aliphatic heterocycles. The summed E-state index contributed by atoms with van der Waals surface area (Å²) in [4.78, 5) is 13.3. The number of nitrogens with one attached hydrogen (secondary N) is 1. The van der Waals surface area contributed by atoms with Gasteiger partial charge in [-0.25, -0.2) is 0 Å². The summed E-state index contributed by atoms with van der Waals surface area (Å²) in [6.07, 6.45) is 74.3. The van der Waals surface area contributed by atoms with Crippen molar-refractivity contribution in [2.45, 2.75) is 454 Å². The minimum absolute atomic E-state index is 0.263. The molecule has 1 fully saturated rings. The Morgan fingerprint density at radius 1 is 0.393 bits per heavy atom. The van der Waals surface area contributed by atoms with Gasteiger partial charge in [0.2, 0.25) is 5.91 Å². The molecule has 11 nitrogen and oxygen atoms in total. The van der Waals surface area contributed by atoms with E-state index in [2.05, 4.69) is 43.5 Å². The number of ether oxygens (including phenoxy) is 2. The van der Waals surface area contributed by atoms with Gasteiger partial charge in [-0.3, -0.25) is 4.79 Å². The maximum absolute atomic E-state index is 13.3. The van der Waals surface area contributed by atoms with Crippen LogP contribution < -0.4 is 5.32 Å². The Labute approximate surface area is 550 Å². The molecule has 1 heterocycles. The summed E-state index contributed by atoms with van der Waals surface area (Å²) >= 11 is 0. The Hall–Kier alpha value is -1.41. The Morgan fingerprint density at radius 3 is 1.00 bits per heavy atom. The standard InChI is InChI=1S/C78H151NO10/c1-3-5-7-9-11-13-15-17-19-21-23-25-27-29-30-31-32-33-34-35-36-37-38-39-40-41-42-44-46-48-50-52-54-56-58-60-62-64-66-71(82)77(87)79-69(68-88-78-76(86)75(85)74(84)72(67-80)89-78)73(83)70(81)65-63-61-59-57-55-53-51-49-47-45-43-28-26-24-22-20-18-16-14-12-10-8-6-4-2/h32-33,35-36,69-76,78,80-86H,3-31,34,37-68H2,1-2H3,(H,79,87)/b33-32-,36-35-. The van der Waals surface area contributed by atoms with Crippen molar-refractivity contribution in [3.8, 4) is 0 Å². The zero-order valence-corrected chi connectivity index (χ0v) is 58.7. The highest BCUT2D eigenvalue weighted by molar-refractivity contribution is 5.80. The van der Waals surface area contributed by atoms with Crippen LogP contribution in [0.4, 0.5) is 0 Å². The molecule has 9 atom stereocenters. The second-order valence-corrected chi connectivity index (χ2v) is 27.8. The number of amides is 1. The van der Waals surface area contributed by atoms with Crippen LogP contribution in [0.2, 0.25) is 0 Å². The highest BCUT2D eigenvalue weighted by Crippen LogP contribution is 2.24. The highest BCUT2D eigenvalue weighted by Gasteiger charge is 2.44. The molecule has 0 aliphatic carbocycles. The van der Waals surface area contributed by atoms with E-state index in [0.717, 1.165) is 44.9 Å². The SMILES string of the molecule is CCCCCCCCCCCCCCCCC/C=C\C/C=C\CCCCCCCCCCCCCCCCCCC(O)C(=O)NC(COC1OC(CO)C(O)C(O)C1O)C(O)C(O)CCCCCCCCCCCCCCCCCCCCCCCCCC. The molecule has 0 aromatic rings. The molecule has 9 unspecified atom stereocenters. The third kappa shape index (κ3) is 53.5. The average molecular weight is 1260 g/mol. The van der Waals surface area contributed by atoms with Gasteiger partial charge in [0, 0.05) is 0 Å². The third-order valence-electron chi connectivity index (χ3n) is 19.3. The summed E-state index contributed by atoms with van der Waals surface area (Å²) in [7, 11) is 0. The summed E-state index contributed by atoms with van der Waals surface area (Å²) < 4.78 is 11.2. The second-order valence-electron chi connectivity index (χ2n) is 27.8. The van der Waals surface area contributed by atoms with Crippen molar-refractivity contribution in [3.05, 3.63) is 24.3 Å². The van der Waals surface area contributed by atoms with Crippen LogP contribution in [0.25, 0.3) is 0 Å². The van der Waals surface area contributed by atoms with Gasteiger partial charge >= 0.3 is 0 Å². The lowest BCUT2D eigenvalue weighted by molar-refractivity contribution is -0.303. The van der Waals surface area contributed by atoms with Crippen molar-refractivity contribution in [2.75, 3.05) is 13.2 Å². The first-order chi connectivity index (χ1) is 43.7. The third-order valence-corrected chi connectivity index (χ3v) is 19.3. The zero-order valence-electron chi connectivity index (χ0n) is 58.7. The smallest absolute Gasteiger partial charge is 0.249 e. The van der Waals surface area contributed by atoms with Crippen molar-refractivity contribution in [2.24, 2.45) is 0 Å². The fourth-order valence-corrected chi connectivity index (χ4v) is 13.0. The monoisotopic (exact) mass is 1260 g/mol. The molecule has 0 aromatic heterocycles. The molecule has 0 aromatic carbocycles. The average Bonchev–Trinajstić information content (AvgIpc) is 3.68. The normalized spacial score (nSPS) is 18.6. The number of hydrogen-bond acceptors (Lipinski definition) is 10. The first-order valence-corrected chi connectivity index (χ1v) is 39.2. The van der Waals surface area contributed by atoms with Gasteiger partial charge < -0.3 is 50.5 Å². The zero-order chi connectivity index (χ0) is 64.6. The predicted molar refractivity (Wildman–Crippen MR) is 376 cm³/mol. The summed E-state index contributed by atoms with van der Waals surface area (Å²) in [5.74, 6) is -0.689. The van der Waals surface area contributed by atoms with Crippen LogP contribution in [0.3, 0.4) is 0 Å². The van der Waals surface area contributed by atoms with E-state index in [1.54, 1.807) is 0 Å². The van der Waals surface area contributed by atoms with Crippen LogP contribution in [0, 0.1) is 0 Å². The lowest BCUT2D eigenvalue weighted by atomic mass is 9.98. The van der Waals surface area contributed by atoms with E-state index in [-0.39, 0.29) is 6.42 Å². The molecule has 0 spiro atoms. The number of hydrogen-bond donors (Lipinski definition) is 8. The van der Waals surface area contributed by atoms with Crippen LogP contribution in [-0.4, -0.2) is 110 Å². The van der Waals surface area contributed by atoms with Gasteiger partial charge in [-0.05, 0) is 44.9 Å². The van der Waals surface area contributed by atoms with E-state index in [4.69, 9.17) is 9.47 Å². The van der Waals surface area contributed by atoms with Gasteiger partial charge in [0.15, 0.2) is 6.29 Å². The molecular weight excluding hydrogens is 1110 g/mol. The van der Waals surface area contributed by atoms with Crippen LogP contribution in [-0.2, 0) is 14.3 Å². The Bertz CT molecular complexity index is 1500. The van der Waals surface area contributed by atoms with E-state index >= 15 is 0 Å². The largest absolute Gasteiger partial charge is 0.394 e. The summed E-state index contributed by atoms with van der Waals surface area (Å²) in [6.45, 7) is 3.53. The first-order valence-electron chi connectivity index (χ1n) is 39.2. The van der Waals surface area contributed by atoms with Crippen molar-refractivity contribution < 1.29 is 50.0 Å². The Morgan fingerprint density at radius 2 is 0.685 bits per heavy atom. The Kier molecular flexibility index (Phi) is 64.1. The lowest BCUT2D eigenvalue weighted by Gasteiger charge is -2.40. The van der Waals surface area contributed by atoms with Gasteiger partial charge in [0.05, 0.1) is 25.4 Å². The topological polar surface area (TPSA) is 189 Å². The van der Waals surface area contributed by atoms with Crippen LogP contribution in [0.15, 0.2) is 24.3 Å². The van der Waals surface area contributed by atoms with Gasteiger partial charge in [0.25, 0.3) is 0 Å². The highest BCUT2D eigenvalue weighted by atomic mass is 16.7. The van der Waals surface area contributed by atoms with Crippen molar-refractivity contribution in [1.82, 2.24) is 5.32 Å². The molecule has 8 N–H and O–H groups in total.